The normalized spacial score (nSPS) is 21.1. The highest BCUT2D eigenvalue weighted by Gasteiger charge is 2.24. The number of benzene rings is 1. The van der Waals surface area contributed by atoms with Crippen molar-refractivity contribution in [3.05, 3.63) is 35.4 Å². The number of carbonyl (C=O) groups is 1. The molecule has 1 fully saturated rings. The van der Waals surface area contributed by atoms with E-state index in [1.54, 1.807) is 0 Å². The fourth-order valence-electron chi connectivity index (χ4n) is 3.47. The summed E-state index contributed by atoms with van der Waals surface area (Å²) in [5.74, 6) is 0.856. The van der Waals surface area contributed by atoms with Crippen LogP contribution in [0.2, 0.25) is 0 Å². The zero-order valence-electron chi connectivity index (χ0n) is 11.6. The molecule has 0 amide bonds. The third-order valence-corrected chi connectivity index (χ3v) is 4.70. The smallest absolute Gasteiger partial charge is 0.149 e. The molecule has 1 aromatic rings. The summed E-state index contributed by atoms with van der Waals surface area (Å²) in [5.41, 5.74) is 2.94. The first-order valence-electron chi connectivity index (χ1n) is 7.65. The molecule has 2 aliphatic rings. The summed E-state index contributed by atoms with van der Waals surface area (Å²) in [6.45, 7) is 2.75. The van der Waals surface area contributed by atoms with Crippen LogP contribution in [0.3, 0.4) is 0 Å². The number of ketones is 1. The summed E-state index contributed by atoms with van der Waals surface area (Å²) in [7, 11) is 0. The van der Waals surface area contributed by atoms with Gasteiger partial charge in [0.2, 0.25) is 0 Å². The zero-order valence-corrected chi connectivity index (χ0v) is 11.6. The Morgan fingerprint density at radius 2 is 1.63 bits per heavy atom. The van der Waals surface area contributed by atoms with E-state index in [2.05, 4.69) is 29.2 Å². The van der Waals surface area contributed by atoms with E-state index in [1.165, 1.54) is 24.0 Å². The van der Waals surface area contributed by atoms with Gasteiger partial charge in [-0.15, -0.1) is 0 Å². The van der Waals surface area contributed by atoms with Crippen LogP contribution in [0.25, 0.3) is 0 Å². The van der Waals surface area contributed by atoms with E-state index in [4.69, 9.17) is 0 Å². The molecular weight excluding hydrogens is 234 g/mol. The van der Waals surface area contributed by atoms with Gasteiger partial charge in [0.25, 0.3) is 0 Å². The van der Waals surface area contributed by atoms with Crippen molar-refractivity contribution >= 4 is 5.78 Å². The van der Waals surface area contributed by atoms with Gasteiger partial charge in [-0.05, 0) is 36.8 Å². The Morgan fingerprint density at radius 3 is 2.21 bits per heavy atom. The number of Topliss-reactive ketones (excluding diaryl/α,β-unsaturated/α-hetero) is 1. The number of carbonyl (C=O) groups excluding carboxylic acids is 1. The highest BCUT2D eigenvalue weighted by atomic mass is 16.1. The van der Waals surface area contributed by atoms with Crippen LogP contribution in [-0.2, 0) is 17.6 Å². The average molecular weight is 257 g/mol. The molecule has 0 atom stereocenters. The Bertz CT molecular complexity index is 421. The van der Waals surface area contributed by atoms with Crippen LogP contribution in [0.15, 0.2) is 24.3 Å². The van der Waals surface area contributed by atoms with Crippen molar-refractivity contribution in [3.8, 4) is 0 Å². The van der Waals surface area contributed by atoms with Crippen LogP contribution in [-0.4, -0.2) is 30.3 Å². The highest BCUT2D eigenvalue weighted by molar-refractivity contribution is 5.83. The second-order valence-corrected chi connectivity index (χ2v) is 5.99. The molecular formula is C17H23NO. The molecule has 2 heteroatoms. The number of rotatable bonds is 3. The van der Waals surface area contributed by atoms with E-state index < -0.39 is 0 Å². The first kappa shape index (κ1) is 12.9. The summed E-state index contributed by atoms with van der Waals surface area (Å²) >= 11 is 0. The summed E-state index contributed by atoms with van der Waals surface area (Å²) in [4.78, 5) is 14.6. The van der Waals surface area contributed by atoms with E-state index in [-0.39, 0.29) is 0 Å². The van der Waals surface area contributed by atoms with Gasteiger partial charge in [-0.1, -0.05) is 37.1 Å². The Balaban J connectivity index is 1.58. The Hall–Kier alpha value is -1.15. The van der Waals surface area contributed by atoms with Crippen molar-refractivity contribution in [2.75, 3.05) is 19.6 Å². The first-order chi connectivity index (χ1) is 9.33. The second kappa shape index (κ2) is 5.87. The monoisotopic (exact) mass is 257 g/mol. The predicted octanol–water partition coefficient (Wildman–Crippen LogP) is 2.85. The number of nitrogens with zero attached hydrogens (tertiary/aromatic N) is 1. The van der Waals surface area contributed by atoms with Gasteiger partial charge in [-0.25, -0.2) is 0 Å². The molecule has 0 saturated heterocycles. The lowest BCUT2D eigenvalue weighted by Gasteiger charge is -2.20. The molecule has 1 aliphatic heterocycles. The van der Waals surface area contributed by atoms with Gasteiger partial charge < -0.3 is 0 Å². The number of fused-ring (bicyclic) bond motifs is 1. The highest BCUT2D eigenvalue weighted by Crippen LogP contribution is 2.26. The van der Waals surface area contributed by atoms with E-state index in [1.807, 2.05) is 0 Å². The van der Waals surface area contributed by atoms with Crippen LogP contribution in [0, 0.1) is 5.92 Å². The molecule has 0 spiro atoms. The van der Waals surface area contributed by atoms with Crippen molar-refractivity contribution in [3.63, 3.8) is 0 Å². The molecule has 0 N–H and O–H groups in total. The quantitative estimate of drug-likeness (QED) is 0.830. The van der Waals surface area contributed by atoms with Crippen LogP contribution < -0.4 is 0 Å². The minimum absolute atomic E-state index is 0.366. The molecule has 1 aliphatic carbocycles. The summed E-state index contributed by atoms with van der Waals surface area (Å²) in [6.07, 6.45) is 6.95. The lowest BCUT2D eigenvalue weighted by atomic mass is 10.0. The van der Waals surface area contributed by atoms with Gasteiger partial charge in [0.05, 0.1) is 6.54 Å². The number of hydrogen-bond donors (Lipinski definition) is 0. The topological polar surface area (TPSA) is 20.3 Å². The van der Waals surface area contributed by atoms with Crippen molar-refractivity contribution < 1.29 is 4.79 Å². The van der Waals surface area contributed by atoms with Gasteiger partial charge in [0, 0.05) is 19.0 Å². The summed E-state index contributed by atoms with van der Waals surface area (Å²) in [6, 6.07) is 8.71. The maximum absolute atomic E-state index is 12.3. The first-order valence-corrected chi connectivity index (χ1v) is 7.65. The van der Waals surface area contributed by atoms with Crippen LogP contribution >= 0.6 is 0 Å². The van der Waals surface area contributed by atoms with E-state index in [0.29, 0.717) is 18.2 Å². The molecule has 19 heavy (non-hydrogen) atoms. The van der Waals surface area contributed by atoms with Gasteiger partial charge in [-0.3, -0.25) is 9.69 Å². The van der Waals surface area contributed by atoms with Gasteiger partial charge in [-0.2, -0.15) is 0 Å². The minimum Gasteiger partial charge on any atom is -0.298 e. The SMILES string of the molecule is O=C(CN1CCc2ccccc2CC1)C1CCCC1. The molecule has 1 aromatic carbocycles. The summed E-state index contributed by atoms with van der Waals surface area (Å²) in [5, 5.41) is 0. The zero-order chi connectivity index (χ0) is 13.1. The molecule has 1 saturated carbocycles. The van der Waals surface area contributed by atoms with Crippen LogP contribution in [0.5, 0.6) is 0 Å². The fourth-order valence-corrected chi connectivity index (χ4v) is 3.47. The van der Waals surface area contributed by atoms with Gasteiger partial charge in [0.15, 0.2) is 0 Å². The number of hydrogen-bond acceptors (Lipinski definition) is 2. The van der Waals surface area contributed by atoms with E-state index in [0.717, 1.165) is 38.8 Å². The van der Waals surface area contributed by atoms with Crippen LogP contribution in [0.4, 0.5) is 0 Å². The predicted molar refractivity (Wildman–Crippen MR) is 77.3 cm³/mol. The minimum atomic E-state index is 0.366. The molecule has 102 valence electrons. The standard InChI is InChI=1S/C17H23NO/c19-17(16-7-3-4-8-16)13-18-11-9-14-5-1-2-6-15(14)10-12-18/h1-2,5-6,16H,3-4,7-13H2. The van der Waals surface area contributed by atoms with E-state index in [9.17, 15) is 4.79 Å². The van der Waals surface area contributed by atoms with Crippen molar-refractivity contribution in [2.45, 2.75) is 38.5 Å². The van der Waals surface area contributed by atoms with Crippen molar-refractivity contribution in [2.24, 2.45) is 5.92 Å². The Kier molecular flexibility index (Phi) is 3.97. The molecule has 0 bridgehead atoms. The van der Waals surface area contributed by atoms with Gasteiger partial charge in [0.1, 0.15) is 5.78 Å². The molecule has 3 rings (SSSR count). The molecule has 0 radical (unpaired) electrons. The maximum Gasteiger partial charge on any atom is 0.149 e. The Morgan fingerprint density at radius 1 is 1.05 bits per heavy atom. The molecule has 0 unspecified atom stereocenters. The Labute approximate surface area is 115 Å². The fraction of sp³-hybridized carbons (Fsp3) is 0.588. The second-order valence-electron chi connectivity index (χ2n) is 5.99. The maximum atomic E-state index is 12.3. The van der Waals surface area contributed by atoms with Crippen molar-refractivity contribution in [1.82, 2.24) is 4.90 Å². The lowest BCUT2D eigenvalue weighted by molar-refractivity contribution is -0.123. The average Bonchev–Trinajstić information content (AvgIpc) is 2.90. The lowest BCUT2D eigenvalue weighted by Crippen LogP contribution is -2.34. The summed E-state index contributed by atoms with van der Waals surface area (Å²) < 4.78 is 0. The van der Waals surface area contributed by atoms with Crippen molar-refractivity contribution in [1.29, 1.82) is 0 Å². The molecule has 2 nitrogen and oxygen atoms in total. The van der Waals surface area contributed by atoms with Gasteiger partial charge >= 0.3 is 0 Å². The largest absolute Gasteiger partial charge is 0.298 e. The molecule has 1 heterocycles. The third kappa shape index (κ3) is 3.06. The molecule has 0 aromatic heterocycles. The van der Waals surface area contributed by atoms with Crippen LogP contribution in [0.1, 0.15) is 36.8 Å². The third-order valence-electron chi connectivity index (χ3n) is 4.70. The van der Waals surface area contributed by atoms with E-state index >= 15 is 0 Å².